The van der Waals surface area contributed by atoms with E-state index >= 15 is 0 Å². The Morgan fingerprint density at radius 2 is 2.00 bits per heavy atom. The maximum atomic E-state index is 13.3. The minimum Gasteiger partial charge on any atom is -0.321 e. The summed E-state index contributed by atoms with van der Waals surface area (Å²) < 4.78 is 26.4. The van der Waals surface area contributed by atoms with Gasteiger partial charge in [0.1, 0.15) is 17.7 Å². The van der Waals surface area contributed by atoms with Crippen LogP contribution in [0.15, 0.2) is 40.9 Å². The number of amides is 1. The molecule has 100 valence electrons. The second-order valence-electron chi connectivity index (χ2n) is 3.86. The number of halogens is 3. The third-order valence-corrected chi connectivity index (χ3v) is 3.35. The van der Waals surface area contributed by atoms with E-state index in [1.54, 1.807) is 6.07 Å². The van der Waals surface area contributed by atoms with Crippen LogP contribution in [-0.4, -0.2) is 5.91 Å². The Morgan fingerprint density at radius 3 is 2.70 bits per heavy atom. The standard InChI is InChI=1S/C14H7BrF2N2O/c15-13-10(2-1-3-11(13)17)14(20)19-12-5-4-9(16)6-8(12)7-18/h1-6H,(H,19,20). The molecule has 0 saturated heterocycles. The quantitative estimate of drug-likeness (QED) is 0.905. The van der Waals surface area contributed by atoms with Gasteiger partial charge in [-0.2, -0.15) is 5.26 Å². The fourth-order valence-electron chi connectivity index (χ4n) is 1.59. The first-order valence-corrected chi connectivity index (χ1v) is 6.27. The highest BCUT2D eigenvalue weighted by Crippen LogP contribution is 2.23. The highest BCUT2D eigenvalue weighted by molar-refractivity contribution is 9.10. The first kappa shape index (κ1) is 14.2. The maximum Gasteiger partial charge on any atom is 0.256 e. The fourth-order valence-corrected chi connectivity index (χ4v) is 2.03. The predicted molar refractivity (Wildman–Crippen MR) is 73.2 cm³/mol. The molecule has 0 heterocycles. The van der Waals surface area contributed by atoms with E-state index in [0.29, 0.717) is 0 Å². The molecule has 0 spiro atoms. The van der Waals surface area contributed by atoms with Crippen molar-refractivity contribution in [2.45, 2.75) is 0 Å². The van der Waals surface area contributed by atoms with Gasteiger partial charge in [0.2, 0.25) is 0 Å². The molecule has 0 radical (unpaired) electrons. The molecule has 0 aliphatic carbocycles. The molecule has 0 aliphatic rings. The van der Waals surface area contributed by atoms with Crippen LogP contribution in [0.3, 0.4) is 0 Å². The average molecular weight is 337 g/mol. The topological polar surface area (TPSA) is 52.9 Å². The summed E-state index contributed by atoms with van der Waals surface area (Å²) in [6.07, 6.45) is 0. The van der Waals surface area contributed by atoms with Crippen LogP contribution in [0.1, 0.15) is 15.9 Å². The van der Waals surface area contributed by atoms with E-state index in [1.165, 1.54) is 24.3 Å². The largest absolute Gasteiger partial charge is 0.321 e. The van der Waals surface area contributed by atoms with E-state index in [4.69, 9.17) is 5.26 Å². The molecule has 0 saturated carbocycles. The van der Waals surface area contributed by atoms with Crippen molar-refractivity contribution in [3.05, 3.63) is 63.6 Å². The van der Waals surface area contributed by atoms with E-state index in [9.17, 15) is 13.6 Å². The summed E-state index contributed by atoms with van der Waals surface area (Å²) in [5.74, 6) is -1.75. The minimum atomic E-state index is -0.598. The van der Waals surface area contributed by atoms with Crippen molar-refractivity contribution in [3.63, 3.8) is 0 Å². The van der Waals surface area contributed by atoms with Crippen molar-refractivity contribution in [2.75, 3.05) is 5.32 Å². The summed E-state index contributed by atoms with van der Waals surface area (Å²) in [7, 11) is 0. The van der Waals surface area contributed by atoms with Crippen LogP contribution in [0.2, 0.25) is 0 Å². The Bertz CT molecular complexity index is 726. The maximum absolute atomic E-state index is 13.3. The molecule has 6 heteroatoms. The van der Waals surface area contributed by atoms with E-state index in [2.05, 4.69) is 21.2 Å². The minimum absolute atomic E-state index is 0.00845. The van der Waals surface area contributed by atoms with Crippen molar-refractivity contribution in [1.29, 1.82) is 5.26 Å². The van der Waals surface area contributed by atoms with Gasteiger partial charge in [-0.25, -0.2) is 8.78 Å². The number of nitrogens with zero attached hydrogens (tertiary/aromatic N) is 1. The zero-order valence-corrected chi connectivity index (χ0v) is 11.5. The van der Waals surface area contributed by atoms with Gasteiger partial charge in [0.05, 0.1) is 21.3 Å². The molecule has 0 bridgehead atoms. The van der Waals surface area contributed by atoms with Crippen LogP contribution >= 0.6 is 15.9 Å². The van der Waals surface area contributed by atoms with Gasteiger partial charge in [0.25, 0.3) is 5.91 Å². The molecule has 0 aliphatic heterocycles. The van der Waals surface area contributed by atoms with Crippen LogP contribution in [0, 0.1) is 23.0 Å². The van der Waals surface area contributed by atoms with Gasteiger partial charge in [0.15, 0.2) is 0 Å². The van der Waals surface area contributed by atoms with Crippen molar-refractivity contribution in [2.24, 2.45) is 0 Å². The fraction of sp³-hybridized carbons (Fsp3) is 0. The summed E-state index contributed by atoms with van der Waals surface area (Å²) in [5, 5.41) is 11.3. The van der Waals surface area contributed by atoms with Gasteiger partial charge < -0.3 is 5.32 Å². The average Bonchev–Trinajstić information content (AvgIpc) is 2.43. The summed E-state index contributed by atoms with van der Waals surface area (Å²) >= 11 is 2.98. The van der Waals surface area contributed by atoms with Crippen molar-refractivity contribution in [1.82, 2.24) is 0 Å². The summed E-state index contributed by atoms with van der Waals surface area (Å²) in [4.78, 5) is 12.0. The van der Waals surface area contributed by atoms with Crippen LogP contribution < -0.4 is 5.32 Å². The Kier molecular flexibility index (Phi) is 4.11. The number of benzene rings is 2. The molecular formula is C14H7BrF2N2O. The van der Waals surface area contributed by atoms with Crippen LogP contribution in [-0.2, 0) is 0 Å². The molecular weight excluding hydrogens is 330 g/mol. The van der Waals surface area contributed by atoms with Crippen molar-refractivity contribution < 1.29 is 13.6 Å². The Hall–Kier alpha value is -2.26. The van der Waals surface area contributed by atoms with Crippen LogP contribution in [0.5, 0.6) is 0 Å². The van der Waals surface area contributed by atoms with Gasteiger partial charge in [-0.15, -0.1) is 0 Å². The first-order valence-electron chi connectivity index (χ1n) is 5.48. The molecule has 0 aromatic heterocycles. The van der Waals surface area contributed by atoms with Gasteiger partial charge in [-0.1, -0.05) is 6.07 Å². The zero-order chi connectivity index (χ0) is 14.7. The highest BCUT2D eigenvalue weighted by atomic mass is 79.9. The summed E-state index contributed by atoms with van der Waals surface area (Å²) in [5.41, 5.74) is 0.235. The first-order chi connectivity index (χ1) is 9.52. The van der Waals surface area contributed by atoms with E-state index in [1.807, 2.05) is 0 Å². The van der Waals surface area contributed by atoms with Gasteiger partial charge in [-0.05, 0) is 46.3 Å². The number of hydrogen-bond acceptors (Lipinski definition) is 2. The lowest BCUT2D eigenvalue weighted by Crippen LogP contribution is -2.14. The summed E-state index contributed by atoms with van der Waals surface area (Å²) in [6, 6.07) is 9.22. The number of nitriles is 1. The number of hydrogen-bond donors (Lipinski definition) is 1. The third kappa shape index (κ3) is 2.83. The van der Waals surface area contributed by atoms with E-state index in [0.717, 1.165) is 12.1 Å². The molecule has 2 rings (SSSR count). The molecule has 1 N–H and O–H groups in total. The lowest BCUT2D eigenvalue weighted by Gasteiger charge is -2.08. The number of anilines is 1. The lowest BCUT2D eigenvalue weighted by atomic mass is 10.1. The SMILES string of the molecule is N#Cc1cc(F)ccc1NC(=O)c1cccc(F)c1Br. The molecule has 2 aromatic rings. The summed E-state index contributed by atoms with van der Waals surface area (Å²) in [6.45, 7) is 0. The van der Waals surface area contributed by atoms with Gasteiger partial charge in [0, 0.05) is 0 Å². The number of carbonyl (C=O) groups is 1. The third-order valence-electron chi connectivity index (χ3n) is 2.55. The molecule has 20 heavy (non-hydrogen) atoms. The van der Waals surface area contributed by atoms with Crippen LogP contribution in [0.4, 0.5) is 14.5 Å². The predicted octanol–water partition coefficient (Wildman–Crippen LogP) is 3.85. The smallest absolute Gasteiger partial charge is 0.256 e. The van der Waals surface area contributed by atoms with Crippen molar-refractivity contribution >= 4 is 27.5 Å². The second-order valence-corrected chi connectivity index (χ2v) is 4.65. The van der Waals surface area contributed by atoms with Gasteiger partial charge >= 0.3 is 0 Å². The number of rotatable bonds is 2. The number of nitrogens with one attached hydrogen (secondary N) is 1. The molecule has 1 amide bonds. The van der Waals surface area contributed by atoms with Gasteiger partial charge in [-0.3, -0.25) is 4.79 Å². The molecule has 0 fully saturated rings. The van der Waals surface area contributed by atoms with E-state index in [-0.39, 0.29) is 21.3 Å². The molecule has 0 atom stereocenters. The normalized spacial score (nSPS) is 9.90. The monoisotopic (exact) mass is 336 g/mol. The van der Waals surface area contributed by atoms with E-state index < -0.39 is 17.5 Å². The molecule has 3 nitrogen and oxygen atoms in total. The van der Waals surface area contributed by atoms with Crippen molar-refractivity contribution in [3.8, 4) is 6.07 Å². The Morgan fingerprint density at radius 1 is 1.25 bits per heavy atom. The lowest BCUT2D eigenvalue weighted by molar-refractivity contribution is 0.102. The zero-order valence-electron chi connectivity index (χ0n) is 9.95. The second kappa shape index (κ2) is 5.80. The Balaban J connectivity index is 2.33. The Labute approximate surface area is 122 Å². The number of carbonyl (C=O) groups excluding carboxylic acids is 1. The molecule has 2 aromatic carbocycles. The highest BCUT2D eigenvalue weighted by Gasteiger charge is 2.14. The molecule has 0 unspecified atom stereocenters. The van der Waals surface area contributed by atoms with Crippen LogP contribution in [0.25, 0.3) is 0 Å².